The molecule has 1 aromatic rings. The first kappa shape index (κ1) is 12.8. The van der Waals surface area contributed by atoms with Crippen molar-refractivity contribution in [1.29, 1.82) is 5.26 Å². The molecule has 88 valence electrons. The van der Waals surface area contributed by atoms with Gasteiger partial charge in [0.25, 0.3) is 0 Å². The van der Waals surface area contributed by atoms with E-state index in [1.54, 1.807) is 0 Å². The minimum absolute atomic E-state index is 0.0272. The summed E-state index contributed by atoms with van der Waals surface area (Å²) < 4.78 is 37.0. The van der Waals surface area contributed by atoms with Gasteiger partial charge in [-0.05, 0) is 23.8 Å². The van der Waals surface area contributed by atoms with Crippen LogP contribution in [0.3, 0.4) is 0 Å². The summed E-state index contributed by atoms with van der Waals surface area (Å²) in [6, 6.07) is 5.31. The number of hydrogen-bond acceptors (Lipinski definition) is 3. The summed E-state index contributed by atoms with van der Waals surface area (Å²) in [7, 11) is 0. The monoisotopic (exact) mass is 240 g/mol. The van der Waals surface area contributed by atoms with Crippen LogP contribution in [0.15, 0.2) is 29.8 Å². The molecule has 0 spiro atoms. The van der Waals surface area contributed by atoms with Crippen molar-refractivity contribution in [3.63, 3.8) is 0 Å². The number of carboxylic acid groups (broad SMARTS) is 1. The van der Waals surface area contributed by atoms with E-state index in [9.17, 15) is 23.1 Å². The van der Waals surface area contributed by atoms with Crippen molar-refractivity contribution in [3.05, 3.63) is 41.0 Å². The molecule has 17 heavy (non-hydrogen) atoms. The Hall–Kier alpha value is -2.29. The summed E-state index contributed by atoms with van der Waals surface area (Å²) in [6.07, 6.45) is -3.69. The molecule has 0 unspecified atom stereocenters. The molecule has 0 radical (unpaired) electrons. The van der Waals surface area contributed by atoms with E-state index in [4.69, 9.17) is 5.26 Å². The number of rotatable bonds is 2. The van der Waals surface area contributed by atoms with Crippen molar-refractivity contribution >= 4 is 12.0 Å². The van der Waals surface area contributed by atoms with E-state index in [2.05, 4.69) is 0 Å². The summed E-state index contributed by atoms with van der Waals surface area (Å²) >= 11 is 0. The van der Waals surface area contributed by atoms with Crippen LogP contribution >= 0.6 is 0 Å². The number of hydrogen-bond donors (Lipinski definition) is 0. The molecule has 0 atom stereocenters. The molecular weight excluding hydrogens is 235 g/mol. The van der Waals surface area contributed by atoms with Gasteiger partial charge in [0, 0.05) is 0 Å². The SMILES string of the molecule is N#C/C(=C\c1cccc(C(F)(F)F)c1)C(=O)[O-]. The number of carbonyl (C=O) groups is 1. The van der Waals surface area contributed by atoms with Crippen LogP contribution in [0.25, 0.3) is 6.08 Å². The second-order valence-corrected chi connectivity index (χ2v) is 3.08. The number of benzene rings is 1. The molecule has 0 saturated carbocycles. The number of nitrogens with zero attached hydrogens (tertiary/aromatic N) is 1. The van der Waals surface area contributed by atoms with Gasteiger partial charge in [-0.15, -0.1) is 0 Å². The van der Waals surface area contributed by atoms with E-state index in [-0.39, 0.29) is 5.56 Å². The maximum atomic E-state index is 12.3. The summed E-state index contributed by atoms with van der Waals surface area (Å²) in [4.78, 5) is 10.4. The summed E-state index contributed by atoms with van der Waals surface area (Å²) in [6.45, 7) is 0. The Morgan fingerprint density at radius 1 is 1.41 bits per heavy atom. The van der Waals surface area contributed by atoms with Crippen LogP contribution in [0.4, 0.5) is 13.2 Å². The first-order valence-electron chi connectivity index (χ1n) is 4.35. The van der Waals surface area contributed by atoms with Crippen molar-refractivity contribution in [3.8, 4) is 6.07 Å². The number of carbonyl (C=O) groups excluding carboxylic acids is 1. The van der Waals surface area contributed by atoms with Crippen molar-refractivity contribution in [2.24, 2.45) is 0 Å². The van der Waals surface area contributed by atoms with Crippen LogP contribution in [0.1, 0.15) is 11.1 Å². The topological polar surface area (TPSA) is 63.9 Å². The molecule has 0 aliphatic carbocycles. The largest absolute Gasteiger partial charge is 0.544 e. The standard InChI is InChI=1S/C11H6F3NO2/c12-11(13,14)9-3-1-2-7(5-9)4-8(6-15)10(16)17/h1-5H,(H,16,17)/p-1/b8-4+. The Morgan fingerprint density at radius 3 is 2.53 bits per heavy atom. The summed E-state index contributed by atoms with van der Waals surface area (Å²) in [5.74, 6) is -1.73. The van der Waals surface area contributed by atoms with Crippen molar-refractivity contribution in [2.75, 3.05) is 0 Å². The molecule has 1 rings (SSSR count). The number of nitriles is 1. The van der Waals surface area contributed by atoms with Gasteiger partial charge in [-0.25, -0.2) is 0 Å². The predicted molar refractivity (Wildman–Crippen MR) is 50.0 cm³/mol. The average molecular weight is 240 g/mol. The first-order valence-corrected chi connectivity index (χ1v) is 4.35. The molecule has 0 N–H and O–H groups in total. The maximum absolute atomic E-state index is 12.3. The zero-order chi connectivity index (χ0) is 13.1. The van der Waals surface area contributed by atoms with Crippen molar-refractivity contribution in [2.45, 2.75) is 6.18 Å². The Labute approximate surface area is 94.4 Å². The van der Waals surface area contributed by atoms with Crippen LogP contribution in [-0.4, -0.2) is 5.97 Å². The van der Waals surface area contributed by atoms with E-state index < -0.39 is 23.3 Å². The fourth-order valence-corrected chi connectivity index (χ4v) is 1.11. The molecule has 6 heteroatoms. The smallest absolute Gasteiger partial charge is 0.416 e. The highest BCUT2D eigenvalue weighted by atomic mass is 19.4. The summed E-state index contributed by atoms with van der Waals surface area (Å²) in [5.41, 5.74) is -1.67. The Morgan fingerprint density at radius 2 is 2.06 bits per heavy atom. The molecule has 0 heterocycles. The highest BCUT2D eigenvalue weighted by Gasteiger charge is 2.30. The lowest BCUT2D eigenvalue weighted by molar-refractivity contribution is -0.298. The minimum atomic E-state index is -4.52. The van der Waals surface area contributed by atoms with Crippen LogP contribution in [0.2, 0.25) is 0 Å². The van der Waals surface area contributed by atoms with Gasteiger partial charge in [0.15, 0.2) is 0 Å². The lowest BCUT2D eigenvalue weighted by Crippen LogP contribution is -2.23. The van der Waals surface area contributed by atoms with Crippen molar-refractivity contribution in [1.82, 2.24) is 0 Å². The molecule has 0 saturated heterocycles. The third-order valence-electron chi connectivity index (χ3n) is 1.87. The molecule has 0 fully saturated rings. The predicted octanol–water partition coefficient (Wildman–Crippen LogP) is 1.36. The third-order valence-corrected chi connectivity index (χ3v) is 1.87. The molecule has 0 amide bonds. The highest BCUT2D eigenvalue weighted by molar-refractivity contribution is 5.95. The van der Waals surface area contributed by atoms with E-state index in [0.29, 0.717) is 0 Å². The van der Waals surface area contributed by atoms with Gasteiger partial charge in [0.05, 0.1) is 17.1 Å². The lowest BCUT2D eigenvalue weighted by Gasteiger charge is -2.07. The normalized spacial score (nSPS) is 12.0. The Balaban J connectivity index is 3.18. The number of carboxylic acids is 1. The van der Waals surface area contributed by atoms with Crippen LogP contribution in [0.5, 0.6) is 0 Å². The number of alkyl halides is 3. The van der Waals surface area contributed by atoms with Crippen LogP contribution in [-0.2, 0) is 11.0 Å². The van der Waals surface area contributed by atoms with Crippen LogP contribution in [0, 0.1) is 11.3 Å². The summed E-state index contributed by atoms with van der Waals surface area (Å²) in [5, 5.41) is 18.8. The second kappa shape index (κ2) is 4.70. The first-order chi connectivity index (χ1) is 7.84. The molecule has 0 aliphatic rings. The Kier molecular flexibility index (Phi) is 3.53. The Bertz CT molecular complexity index is 512. The van der Waals surface area contributed by atoms with Gasteiger partial charge in [0.1, 0.15) is 6.07 Å². The van der Waals surface area contributed by atoms with Gasteiger partial charge >= 0.3 is 6.18 Å². The molecule has 0 bridgehead atoms. The van der Waals surface area contributed by atoms with Gasteiger partial charge in [0.2, 0.25) is 0 Å². The number of aliphatic carboxylic acids is 1. The van der Waals surface area contributed by atoms with Gasteiger partial charge in [-0.3, -0.25) is 0 Å². The minimum Gasteiger partial charge on any atom is -0.544 e. The molecule has 0 aromatic heterocycles. The molecule has 1 aromatic carbocycles. The highest BCUT2D eigenvalue weighted by Crippen LogP contribution is 2.29. The molecule has 3 nitrogen and oxygen atoms in total. The second-order valence-electron chi connectivity index (χ2n) is 3.08. The fourth-order valence-electron chi connectivity index (χ4n) is 1.11. The molecular formula is C11H5F3NO2-. The van der Waals surface area contributed by atoms with Gasteiger partial charge in [-0.1, -0.05) is 12.1 Å². The van der Waals surface area contributed by atoms with Crippen LogP contribution < -0.4 is 5.11 Å². The fraction of sp³-hybridized carbons (Fsp3) is 0.0909. The quantitative estimate of drug-likeness (QED) is 0.579. The average Bonchev–Trinajstić information content (AvgIpc) is 2.24. The molecule has 0 aliphatic heterocycles. The maximum Gasteiger partial charge on any atom is 0.416 e. The van der Waals surface area contributed by atoms with E-state index in [0.717, 1.165) is 24.3 Å². The lowest BCUT2D eigenvalue weighted by atomic mass is 10.1. The zero-order valence-electron chi connectivity index (χ0n) is 8.28. The third kappa shape index (κ3) is 3.34. The van der Waals surface area contributed by atoms with E-state index in [1.165, 1.54) is 12.1 Å². The van der Waals surface area contributed by atoms with E-state index in [1.807, 2.05) is 0 Å². The number of halogens is 3. The van der Waals surface area contributed by atoms with Gasteiger partial charge in [-0.2, -0.15) is 18.4 Å². The van der Waals surface area contributed by atoms with Crippen molar-refractivity contribution < 1.29 is 23.1 Å². The van der Waals surface area contributed by atoms with Gasteiger partial charge < -0.3 is 9.90 Å². The zero-order valence-corrected chi connectivity index (χ0v) is 8.28. The van der Waals surface area contributed by atoms with E-state index >= 15 is 0 Å².